The summed E-state index contributed by atoms with van der Waals surface area (Å²) in [5.41, 5.74) is 1.11. The van der Waals surface area contributed by atoms with E-state index in [0.717, 1.165) is 43.3 Å². The quantitative estimate of drug-likeness (QED) is 0.723. The highest BCUT2D eigenvalue weighted by molar-refractivity contribution is 6.21. The van der Waals surface area contributed by atoms with Gasteiger partial charge in [0.05, 0.1) is 5.38 Å². The number of alkyl halides is 1. The van der Waals surface area contributed by atoms with Crippen LogP contribution in [-0.2, 0) is 6.42 Å². The number of hydrogen-bond acceptors (Lipinski definition) is 3. The van der Waals surface area contributed by atoms with Gasteiger partial charge in [0.25, 0.3) is 0 Å². The Labute approximate surface area is 95.5 Å². The minimum Gasteiger partial charge on any atom is -0.355 e. The van der Waals surface area contributed by atoms with E-state index in [-0.39, 0.29) is 5.38 Å². The van der Waals surface area contributed by atoms with Crippen molar-refractivity contribution in [1.29, 1.82) is 0 Å². The molecule has 0 aliphatic carbocycles. The van der Waals surface area contributed by atoms with Crippen LogP contribution in [0.3, 0.4) is 0 Å². The second-order valence-corrected chi connectivity index (χ2v) is 4.57. The lowest BCUT2D eigenvalue weighted by Gasteiger charge is -2.17. The van der Waals surface area contributed by atoms with Gasteiger partial charge in [-0.05, 0) is 19.8 Å². The van der Waals surface area contributed by atoms with Gasteiger partial charge in [-0.3, -0.25) is 0 Å². The molecule has 1 saturated heterocycles. The Bertz CT molecular complexity index is 354. The summed E-state index contributed by atoms with van der Waals surface area (Å²) in [6, 6.07) is 2.07. The van der Waals surface area contributed by atoms with E-state index in [4.69, 9.17) is 11.6 Å². The average Bonchev–Trinajstić information content (AvgIpc) is 2.64. The van der Waals surface area contributed by atoms with Gasteiger partial charge in [0, 0.05) is 24.8 Å². The molecule has 0 spiro atoms. The Balaban J connectivity index is 2.24. The Kier molecular flexibility index (Phi) is 3.10. The first kappa shape index (κ1) is 10.7. The number of aryl methyl sites for hydroxylation is 2. The van der Waals surface area contributed by atoms with E-state index < -0.39 is 0 Å². The highest BCUT2D eigenvalue weighted by Crippen LogP contribution is 2.21. The Morgan fingerprint density at radius 3 is 2.93 bits per heavy atom. The molecule has 4 heteroatoms. The summed E-state index contributed by atoms with van der Waals surface area (Å²) in [6.07, 6.45) is 2.00. The summed E-state index contributed by atoms with van der Waals surface area (Å²) in [7, 11) is 0. The second-order valence-electron chi connectivity index (χ2n) is 3.95. The zero-order chi connectivity index (χ0) is 10.8. The third-order valence-electron chi connectivity index (χ3n) is 2.69. The fourth-order valence-corrected chi connectivity index (χ4v) is 2.15. The lowest BCUT2D eigenvalue weighted by molar-refractivity contribution is 0.883. The van der Waals surface area contributed by atoms with Gasteiger partial charge >= 0.3 is 0 Å². The van der Waals surface area contributed by atoms with Gasteiger partial charge in [-0.1, -0.05) is 6.92 Å². The Morgan fingerprint density at radius 1 is 1.53 bits per heavy atom. The summed E-state index contributed by atoms with van der Waals surface area (Å²) in [5.74, 6) is 1.88. The predicted octanol–water partition coefficient (Wildman–Crippen LogP) is 2.16. The van der Waals surface area contributed by atoms with E-state index in [1.165, 1.54) is 0 Å². The first-order valence-electron chi connectivity index (χ1n) is 5.42. The van der Waals surface area contributed by atoms with Crippen molar-refractivity contribution < 1.29 is 0 Å². The number of rotatable bonds is 2. The Morgan fingerprint density at radius 2 is 2.33 bits per heavy atom. The van der Waals surface area contributed by atoms with Crippen LogP contribution in [0, 0.1) is 6.92 Å². The summed E-state index contributed by atoms with van der Waals surface area (Å²) < 4.78 is 0. The fraction of sp³-hybridized carbons (Fsp3) is 0.636. The van der Waals surface area contributed by atoms with Crippen molar-refractivity contribution in [3.63, 3.8) is 0 Å². The third kappa shape index (κ3) is 2.40. The highest BCUT2D eigenvalue weighted by atomic mass is 35.5. The molecular weight excluding hydrogens is 210 g/mol. The predicted molar refractivity (Wildman–Crippen MR) is 62.6 cm³/mol. The maximum atomic E-state index is 6.09. The number of aromatic nitrogens is 2. The zero-order valence-corrected chi connectivity index (χ0v) is 9.96. The van der Waals surface area contributed by atoms with Gasteiger partial charge in [-0.2, -0.15) is 0 Å². The molecule has 15 heavy (non-hydrogen) atoms. The smallest absolute Gasteiger partial charge is 0.132 e. The molecule has 1 atom stereocenters. The van der Waals surface area contributed by atoms with Crippen molar-refractivity contribution in [2.75, 3.05) is 18.0 Å². The van der Waals surface area contributed by atoms with E-state index in [0.29, 0.717) is 0 Å². The molecule has 1 aliphatic heterocycles. The van der Waals surface area contributed by atoms with Gasteiger partial charge in [0.15, 0.2) is 0 Å². The van der Waals surface area contributed by atoms with E-state index in [1.807, 2.05) is 6.92 Å². The van der Waals surface area contributed by atoms with E-state index in [9.17, 15) is 0 Å². The van der Waals surface area contributed by atoms with Crippen LogP contribution < -0.4 is 4.90 Å². The fourth-order valence-electron chi connectivity index (χ4n) is 1.88. The van der Waals surface area contributed by atoms with Crippen molar-refractivity contribution in [2.24, 2.45) is 0 Å². The SMILES string of the molecule is CCc1cc(N2CCC(Cl)C2)nc(C)n1. The molecule has 82 valence electrons. The summed E-state index contributed by atoms with van der Waals surface area (Å²) >= 11 is 6.09. The minimum absolute atomic E-state index is 0.269. The van der Waals surface area contributed by atoms with Gasteiger partial charge < -0.3 is 4.90 Å². The first-order chi connectivity index (χ1) is 7.19. The van der Waals surface area contributed by atoms with Gasteiger partial charge in [-0.15, -0.1) is 11.6 Å². The van der Waals surface area contributed by atoms with Crippen molar-refractivity contribution in [3.8, 4) is 0 Å². The summed E-state index contributed by atoms with van der Waals surface area (Å²) in [5, 5.41) is 0.269. The maximum Gasteiger partial charge on any atom is 0.132 e. The summed E-state index contributed by atoms with van der Waals surface area (Å²) in [6.45, 7) is 5.96. The van der Waals surface area contributed by atoms with Crippen molar-refractivity contribution in [1.82, 2.24) is 9.97 Å². The lowest BCUT2D eigenvalue weighted by Crippen LogP contribution is -2.21. The van der Waals surface area contributed by atoms with Crippen molar-refractivity contribution >= 4 is 17.4 Å². The van der Waals surface area contributed by atoms with Crippen LogP contribution in [0.4, 0.5) is 5.82 Å². The molecule has 1 aliphatic rings. The second kappa shape index (κ2) is 4.35. The van der Waals surface area contributed by atoms with Crippen LogP contribution >= 0.6 is 11.6 Å². The minimum atomic E-state index is 0.269. The molecule has 0 radical (unpaired) electrons. The standard InChI is InChI=1S/C11H16ClN3/c1-3-10-6-11(14-8(2)13-10)15-5-4-9(12)7-15/h6,9H,3-5,7H2,1-2H3. The van der Waals surface area contributed by atoms with Crippen molar-refractivity contribution in [3.05, 3.63) is 17.6 Å². The Hall–Kier alpha value is -0.830. The molecular formula is C11H16ClN3. The van der Waals surface area contributed by atoms with Gasteiger partial charge in [-0.25, -0.2) is 9.97 Å². The molecule has 3 nitrogen and oxygen atoms in total. The molecule has 2 heterocycles. The van der Waals surface area contributed by atoms with Crippen LogP contribution in [0.5, 0.6) is 0 Å². The van der Waals surface area contributed by atoms with Crippen LogP contribution in [0.1, 0.15) is 24.9 Å². The van der Waals surface area contributed by atoms with Crippen LogP contribution in [0.15, 0.2) is 6.07 Å². The van der Waals surface area contributed by atoms with Crippen LogP contribution in [0.25, 0.3) is 0 Å². The maximum absolute atomic E-state index is 6.09. The molecule has 0 bridgehead atoms. The monoisotopic (exact) mass is 225 g/mol. The van der Waals surface area contributed by atoms with E-state index in [2.05, 4.69) is 27.9 Å². The van der Waals surface area contributed by atoms with E-state index in [1.54, 1.807) is 0 Å². The van der Waals surface area contributed by atoms with Crippen LogP contribution in [-0.4, -0.2) is 28.4 Å². The van der Waals surface area contributed by atoms with Gasteiger partial charge in [0.1, 0.15) is 11.6 Å². The average molecular weight is 226 g/mol. The third-order valence-corrected chi connectivity index (χ3v) is 3.05. The molecule has 0 saturated carbocycles. The molecule has 2 rings (SSSR count). The van der Waals surface area contributed by atoms with E-state index >= 15 is 0 Å². The molecule has 1 fully saturated rings. The molecule has 1 aromatic heterocycles. The summed E-state index contributed by atoms with van der Waals surface area (Å²) in [4.78, 5) is 11.1. The molecule has 1 unspecified atom stereocenters. The topological polar surface area (TPSA) is 29.0 Å². The molecule has 1 aromatic rings. The first-order valence-corrected chi connectivity index (χ1v) is 5.86. The lowest BCUT2D eigenvalue weighted by atomic mass is 10.3. The highest BCUT2D eigenvalue weighted by Gasteiger charge is 2.21. The number of halogens is 1. The van der Waals surface area contributed by atoms with Crippen molar-refractivity contribution in [2.45, 2.75) is 32.1 Å². The number of nitrogens with zero attached hydrogens (tertiary/aromatic N) is 3. The van der Waals surface area contributed by atoms with Gasteiger partial charge in [0.2, 0.25) is 0 Å². The zero-order valence-electron chi connectivity index (χ0n) is 9.20. The molecule has 0 amide bonds. The molecule has 0 aromatic carbocycles. The number of hydrogen-bond donors (Lipinski definition) is 0. The largest absolute Gasteiger partial charge is 0.355 e. The molecule has 0 N–H and O–H groups in total. The normalized spacial score (nSPS) is 21.0. The number of anilines is 1. The van der Waals surface area contributed by atoms with Crippen LogP contribution in [0.2, 0.25) is 0 Å².